The van der Waals surface area contributed by atoms with E-state index >= 15 is 0 Å². The molecule has 1 aromatic rings. The smallest absolute Gasteiger partial charge is 0.0368 e. The Morgan fingerprint density at radius 3 is 2.39 bits per heavy atom. The first-order valence-electron chi connectivity index (χ1n) is 7.40. The highest BCUT2D eigenvalue weighted by Gasteiger charge is 2.28. The molecule has 2 nitrogen and oxygen atoms in total. The van der Waals surface area contributed by atoms with E-state index in [9.17, 15) is 0 Å². The Labute approximate surface area is 111 Å². The summed E-state index contributed by atoms with van der Waals surface area (Å²) < 4.78 is 0. The lowest BCUT2D eigenvalue weighted by Crippen LogP contribution is -2.26. The maximum Gasteiger partial charge on any atom is 0.0368 e. The van der Waals surface area contributed by atoms with Crippen LogP contribution in [0.2, 0.25) is 0 Å². The van der Waals surface area contributed by atoms with Crippen LogP contribution in [0.4, 0.5) is 5.69 Å². The summed E-state index contributed by atoms with van der Waals surface area (Å²) >= 11 is 0. The zero-order chi connectivity index (χ0) is 12.8. The number of nitrogens with zero attached hydrogens (tertiary/aromatic N) is 1. The maximum absolute atomic E-state index is 5.65. The normalized spacial score (nSPS) is 14.8. The second-order valence-corrected chi connectivity index (χ2v) is 5.36. The molecule has 0 unspecified atom stereocenters. The lowest BCUT2D eigenvalue weighted by molar-refractivity contribution is 0.641. The molecule has 2 heteroatoms. The summed E-state index contributed by atoms with van der Waals surface area (Å²) in [5, 5.41) is 0. The van der Waals surface area contributed by atoms with Gasteiger partial charge in [0.15, 0.2) is 0 Å². The summed E-state index contributed by atoms with van der Waals surface area (Å²) in [5.74, 6) is 0. The molecule has 0 bridgehead atoms. The average molecular weight is 246 g/mol. The van der Waals surface area contributed by atoms with Gasteiger partial charge in [0.2, 0.25) is 0 Å². The van der Waals surface area contributed by atoms with E-state index in [1.165, 1.54) is 56.3 Å². The zero-order valence-corrected chi connectivity index (χ0v) is 11.6. The number of hydrogen-bond donors (Lipinski definition) is 1. The number of hydrogen-bond acceptors (Lipinski definition) is 2. The molecule has 0 aromatic heterocycles. The van der Waals surface area contributed by atoms with Gasteiger partial charge in [0, 0.05) is 24.8 Å². The van der Waals surface area contributed by atoms with E-state index in [1.54, 1.807) is 0 Å². The van der Waals surface area contributed by atoms with Crippen LogP contribution in [0.1, 0.15) is 51.0 Å². The summed E-state index contributed by atoms with van der Waals surface area (Å²) in [7, 11) is 0. The van der Waals surface area contributed by atoms with Crippen molar-refractivity contribution in [2.45, 2.75) is 58.0 Å². The Hall–Kier alpha value is -1.02. The van der Waals surface area contributed by atoms with Crippen LogP contribution in [0, 0.1) is 0 Å². The molecule has 2 N–H and O–H groups in total. The van der Waals surface area contributed by atoms with Gasteiger partial charge in [-0.2, -0.15) is 0 Å². The molecule has 1 aromatic carbocycles. The molecule has 0 aliphatic heterocycles. The van der Waals surface area contributed by atoms with Crippen LogP contribution in [0.3, 0.4) is 0 Å². The fourth-order valence-corrected chi connectivity index (χ4v) is 2.44. The number of anilines is 1. The molecule has 0 atom stereocenters. The highest BCUT2D eigenvalue weighted by Crippen LogP contribution is 2.32. The van der Waals surface area contributed by atoms with E-state index < -0.39 is 0 Å². The summed E-state index contributed by atoms with van der Waals surface area (Å²) in [5.41, 5.74) is 8.25. The largest absolute Gasteiger partial charge is 0.369 e. The van der Waals surface area contributed by atoms with Crippen LogP contribution < -0.4 is 10.6 Å². The van der Waals surface area contributed by atoms with E-state index in [2.05, 4.69) is 36.1 Å². The van der Waals surface area contributed by atoms with E-state index in [-0.39, 0.29) is 0 Å². The van der Waals surface area contributed by atoms with Crippen molar-refractivity contribution in [1.82, 2.24) is 0 Å². The van der Waals surface area contributed by atoms with Crippen LogP contribution in [-0.2, 0) is 6.54 Å². The molecule has 1 fully saturated rings. The number of benzene rings is 1. The van der Waals surface area contributed by atoms with Crippen molar-refractivity contribution in [3.05, 3.63) is 29.8 Å². The first-order chi connectivity index (χ1) is 8.85. The second kappa shape index (κ2) is 6.79. The Balaban J connectivity index is 1.91. The van der Waals surface area contributed by atoms with Crippen LogP contribution in [-0.4, -0.2) is 12.6 Å². The van der Waals surface area contributed by atoms with E-state index in [0.29, 0.717) is 6.54 Å². The van der Waals surface area contributed by atoms with Crippen molar-refractivity contribution in [2.75, 3.05) is 11.4 Å². The first-order valence-corrected chi connectivity index (χ1v) is 7.40. The molecular weight excluding hydrogens is 220 g/mol. The van der Waals surface area contributed by atoms with Crippen molar-refractivity contribution in [3.8, 4) is 0 Å². The Morgan fingerprint density at radius 2 is 1.83 bits per heavy atom. The average Bonchev–Trinajstić information content (AvgIpc) is 3.24. The van der Waals surface area contributed by atoms with E-state index in [4.69, 9.17) is 5.73 Å². The minimum Gasteiger partial charge on any atom is -0.369 e. The number of nitrogens with two attached hydrogens (primary N) is 1. The van der Waals surface area contributed by atoms with Gasteiger partial charge in [0.05, 0.1) is 0 Å². The van der Waals surface area contributed by atoms with Gasteiger partial charge in [-0.25, -0.2) is 0 Å². The molecule has 1 saturated carbocycles. The van der Waals surface area contributed by atoms with Crippen molar-refractivity contribution in [2.24, 2.45) is 5.73 Å². The summed E-state index contributed by atoms with van der Waals surface area (Å²) in [4.78, 5) is 2.59. The second-order valence-electron chi connectivity index (χ2n) is 5.36. The van der Waals surface area contributed by atoms with Crippen molar-refractivity contribution >= 4 is 5.69 Å². The highest BCUT2D eigenvalue weighted by molar-refractivity contribution is 5.49. The van der Waals surface area contributed by atoms with Crippen LogP contribution in [0.5, 0.6) is 0 Å². The van der Waals surface area contributed by atoms with Gasteiger partial charge < -0.3 is 10.6 Å². The third-order valence-corrected chi connectivity index (χ3v) is 3.74. The fourth-order valence-electron chi connectivity index (χ4n) is 2.44. The van der Waals surface area contributed by atoms with Crippen LogP contribution in [0.25, 0.3) is 0 Å². The minimum absolute atomic E-state index is 0.639. The highest BCUT2D eigenvalue weighted by atomic mass is 15.2. The zero-order valence-electron chi connectivity index (χ0n) is 11.6. The first kappa shape index (κ1) is 13.4. The molecule has 1 aliphatic rings. The fraction of sp³-hybridized carbons (Fsp3) is 0.625. The number of unbranched alkanes of at least 4 members (excludes halogenated alkanes) is 3. The van der Waals surface area contributed by atoms with Gasteiger partial charge in [0.1, 0.15) is 0 Å². The molecule has 18 heavy (non-hydrogen) atoms. The topological polar surface area (TPSA) is 29.3 Å². The molecule has 0 saturated heterocycles. The summed E-state index contributed by atoms with van der Waals surface area (Å²) in [6.07, 6.45) is 8.10. The van der Waals surface area contributed by atoms with Crippen LogP contribution in [0.15, 0.2) is 24.3 Å². The van der Waals surface area contributed by atoms with Gasteiger partial charge >= 0.3 is 0 Å². The maximum atomic E-state index is 5.65. The molecule has 2 rings (SSSR count). The van der Waals surface area contributed by atoms with Gasteiger partial charge in [-0.3, -0.25) is 0 Å². The standard InChI is InChI=1S/C16H26N2/c1-2-3-4-5-12-18(16-10-11-16)15-8-6-14(13-17)7-9-15/h6-9,16H,2-5,10-13,17H2,1H3. The molecule has 0 amide bonds. The molecule has 0 spiro atoms. The molecule has 100 valence electrons. The van der Waals surface area contributed by atoms with Crippen molar-refractivity contribution in [3.63, 3.8) is 0 Å². The summed E-state index contributed by atoms with van der Waals surface area (Å²) in [6.45, 7) is 4.12. The van der Waals surface area contributed by atoms with Crippen LogP contribution >= 0.6 is 0 Å². The van der Waals surface area contributed by atoms with Gasteiger partial charge in [-0.05, 0) is 37.0 Å². The van der Waals surface area contributed by atoms with E-state index in [0.717, 1.165) is 6.04 Å². The van der Waals surface area contributed by atoms with E-state index in [1.807, 2.05) is 0 Å². The SMILES string of the molecule is CCCCCCN(c1ccc(CN)cc1)C1CC1. The monoisotopic (exact) mass is 246 g/mol. The third kappa shape index (κ3) is 3.74. The minimum atomic E-state index is 0.639. The predicted molar refractivity (Wildman–Crippen MR) is 78.8 cm³/mol. The lowest BCUT2D eigenvalue weighted by Gasteiger charge is -2.25. The summed E-state index contributed by atoms with van der Waals surface area (Å²) in [6, 6.07) is 9.60. The Bertz CT molecular complexity index is 341. The number of rotatable bonds is 8. The van der Waals surface area contributed by atoms with Crippen molar-refractivity contribution < 1.29 is 0 Å². The van der Waals surface area contributed by atoms with Gasteiger partial charge in [0.25, 0.3) is 0 Å². The van der Waals surface area contributed by atoms with Crippen molar-refractivity contribution in [1.29, 1.82) is 0 Å². The van der Waals surface area contributed by atoms with Gasteiger partial charge in [-0.1, -0.05) is 38.3 Å². The van der Waals surface area contributed by atoms with Gasteiger partial charge in [-0.15, -0.1) is 0 Å². The molecule has 0 radical (unpaired) electrons. The Morgan fingerprint density at radius 1 is 1.11 bits per heavy atom. The lowest BCUT2D eigenvalue weighted by atomic mass is 10.1. The molecule has 1 aliphatic carbocycles. The predicted octanol–water partition coefficient (Wildman–Crippen LogP) is 3.69. The molecular formula is C16H26N2. The molecule has 0 heterocycles. The third-order valence-electron chi connectivity index (χ3n) is 3.74. The Kier molecular flexibility index (Phi) is 5.06. The quantitative estimate of drug-likeness (QED) is 0.709.